The summed E-state index contributed by atoms with van der Waals surface area (Å²) in [5.41, 5.74) is 3.06. The molecule has 23 heavy (non-hydrogen) atoms. The van der Waals surface area contributed by atoms with Crippen LogP contribution in [0.4, 0.5) is 5.69 Å². The first kappa shape index (κ1) is 16.2. The summed E-state index contributed by atoms with van der Waals surface area (Å²) in [6, 6.07) is 11.7. The molecule has 6 heteroatoms. The first-order chi connectivity index (χ1) is 11.1. The third kappa shape index (κ3) is 4.20. The molecule has 0 unspecified atom stereocenters. The number of nitrogens with one attached hydrogen (secondary N) is 1. The third-order valence-corrected chi connectivity index (χ3v) is 5.00. The van der Waals surface area contributed by atoms with Gasteiger partial charge in [0.2, 0.25) is 12.7 Å². The van der Waals surface area contributed by atoms with Gasteiger partial charge in [0.15, 0.2) is 11.5 Å². The molecular formula is C17H16BrNO3S. The van der Waals surface area contributed by atoms with Crippen molar-refractivity contribution < 1.29 is 14.3 Å². The molecule has 120 valence electrons. The van der Waals surface area contributed by atoms with E-state index in [-0.39, 0.29) is 12.7 Å². The number of carbonyl (C=O) groups excluding carboxylic acids is 1. The largest absolute Gasteiger partial charge is 0.454 e. The van der Waals surface area contributed by atoms with E-state index in [1.165, 1.54) is 0 Å². The molecule has 1 aliphatic heterocycles. The molecule has 0 aromatic heterocycles. The Morgan fingerprint density at radius 2 is 2.04 bits per heavy atom. The zero-order chi connectivity index (χ0) is 16.2. The number of benzene rings is 2. The summed E-state index contributed by atoms with van der Waals surface area (Å²) in [5.74, 6) is 2.69. The quantitative estimate of drug-likeness (QED) is 0.819. The number of anilines is 1. The third-order valence-electron chi connectivity index (χ3n) is 3.34. The normalized spacial score (nSPS) is 12.3. The molecule has 3 rings (SSSR count). The molecular weight excluding hydrogens is 378 g/mol. The standard InChI is InChI=1S/C17H16BrNO3S/c1-11-2-4-14(13(18)6-11)19-17(20)9-23-8-12-3-5-15-16(7-12)22-10-21-15/h2-7H,8-10H2,1H3,(H,19,20). The van der Waals surface area contributed by atoms with Crippen LogP contribution in [0.2, 0.25) is 0 Å². The lowest BCUT2D eigenvalue weighted by molar-refractivity contribution is -0.113. The lowest BCUT2D eigenvalue weighted by Gasteiger charge is -2.08. The van der Waals surface area contributed by atoms with Gasteiger partial charge in [-0.1, -0.05) is 12.1 Å². The zero-order valence-corrected chi connectivity index (χ0v) is 15.0. The van der Waals surface area contributed by atoms with E-state index in [1.54, 1.807) is 11.8 Å². The van der Waals surface area contributed by atoms with Crippen molar-refractivity contribution in [2.24, 2.45) is 0 Å². The van der Waals surface area contributed by atoms with Crippen molar-refractivity contribution >= 4 is 39.3 Å². The number of rotatable bonds is 5. The Hall–Kier alpha value is -1.66. The highest BCUT2D eigenvalue weighted by molar-refractivity contribution is 9.10. The average Bonchev–Trinajstić information content (AvgIpc) is 2.98. The SMILES string of the molecule is Cc1ccc(NC(=O)CSCc2ccc3c(c2)OCO3)c(Br)c1. The predicted molar refractivity (Wildman–Crippen MR) is 96.2 cm³/mol. The smallest absolute Gasteiger partial charge is 0.234 e. The average molecular weight is 394 g/mol. The Morgan fingerprint density at radius 3 is 2.87 bits per heavy atom. The van der Waals surface area contributed by atoms with Crippen LogP contribution in [-0.2, 0) is 10.5 Å². The Labute approximate surface area is 147 Å². The summed E-state index contributed by atoms with van der Waals surface area (Å²) < 4.78 is 11.5. The van der Waals surface area contributed by atoms with Crippen LogP contribution in [0.15, 0.2) is 40.9 Å². The highest BCUT2D eigenvalue weighted by Crippen LogP contribution is 2.33. The van der Waals surface area contributed by atoms with Crippen LogP contribution in [0.5, 0.6) is 11.5 Å². The van der Waals surface area contributed by atoms with E-state index in [0.717, 1.165) is 38.5 Å². The van der Waals surface area contributed by atoms with E-state index < -0.39 is 0 Å². The highest BCUT2D eigenvalue weighted by atomic mass is 79.9. The second kappa shape index (κ2) is 7.27. The van der Waals surface area contributed by atoms with Crippen molar-refractivity contribution in [2.45, 2.75) is 12.7 Å². The molecule has 2 aromatic carbocycles. The molecule has 1 amide bonds. The first-order valence-corrected chi connectivity index (χ1v) is 9.09. The van der Waals surface area contributed by atoms with Crippen molar-refractivity contribution in [3.63, 3.8) is 0 Å². The van der Waals surface area contributed by atoms with E-state index in [4.69, 9.17) is 9.47 Å². The van der Waals surface area contributed by atoms with Gasteiger partial charge < -0.3 is 14.8 Å². The van der Waals surface area contributed by atoms with Gasteiger partial charge >= 0.3 is 0 Å². The Kier molecular flexibility index (Phi) is 5.13. The van der Waals surface area contributed by atoms with Gasteiger partial charge in [-0.05, 0) is 58.2 Å². The van der Waals surface area contributed by atoms with Gasteiger partial charge in [0, 0.05) is 10.2 Å². The minimum absolute atomic E-state index is 0.0136. The van der Waals surface area contributed by atoms with Crippen LogP contribution in [0.25, 0.3) is 0 Å². The van der Waals surface area contributed by atoms with Crippen molar-refractivity contribution in [2.75, 3.05) is 17.9 Å². The number of ether oxygens (including phenoxy) is 2. The number of halogens is 1. The van der Waals surface area contributed by atoms with Crippen LogP contribution in [0, 0.1) is 6.92 Å². The molecule has 2 aromatic rings. The molecule has 0 spiro atoms. The fourth-order valence-corrected chi connectivity index (χ4v) is 3.57. The van der Waals surface area contributed by atoms with Crippen molar-refractivity contribution in [3.8, 4) is 11.5 Å². The van der Waals surface area contributed by atoms with Crippen LogP contribution < -0.4 is 14.8 Å². The monoisotopic (exact) mass is 393 g/mol. The van der Waals surface area contributed by atoms with Gasteiger partial charge in [-0.25, -0.2) is 0 Å². The minimum Gasteiger partial charge on any atom is -0.454 e. The molecule has 0 saturated carbocycles. The van der Waals surface area contributed by atoms with E-state index >= 15 is 0 Å². The Bertz CT molecular complexity index is 736. The summed E-state index contributed by atoms with van der Waals surface area (Å²) in [4.78, 5) is 12.0. The van der Waals surface area contributed by atoms with E-state index in [9.17, 15) is 4.79 Å². The van der Waals surface area contributed by atoms with E-state index in [0.29, 0.717) is 5.75 Å². The predicted octanol–water partition coefficient (Wildman–Crippen LogP) is 4.36. The lowest BCUT2D eigenvalue weighted by atomic mass is 10.2. The number of thioether (sulfide) groups is 1. The maximum Gasteiger partial charge on any atom is 0.234 e. The van der Waals surface area contributed by atoms with Gasteiger partial charge in [0.05, 0.1) is 11.4 Å². The summed E-state index contributed by atoms with van der Waals surface area (Å²) in [6.07, 6.45) is 0. The topological polar surface area (TPSA) is 47.6 Å². The fraction of sp³-hybridized carbons (Fsp3) is 0.235. The van der Waals surface area contributed by atoms with Crippen LogP contribution >= 0.6 is 27.7 Å². The maximum atomic E-state index is 12.0. The molecule has 0 saturated heterocycles. The molecule has 0 fully saturated rings. The van der Waals surface area contributed by atoms with Crippen LogP contribution in [0.3, 0.4) is 0 Å². The van der Waals surface area contributed by atoms with Gasteiger partial charge in [0.25, 0.3) is 0 Å². The number of aryl methyl sites for hydroxylation is 1. The second-order valence-electron chi connectivity index (χ2n) is 5.21. The fourth-order valence-electron chi connectivity index (χ4n) is 2.20. The minimum atomic E-state index is -0.0136. The van der Waals surface area contributed by atoms with Gasteiger partial charge in [0.1, 0.15) is 0 Å². The molecule has 1 aliphatic rings. The van der Waals surface area contributed by atoms with Crippen LogP contribution in [0.1, 0.15) is 11.1 Å². The lowest BCUT2D eigenvalue weighted by Crippen LogP contribution is -2.14. The molecule has 1 N–H and O–H groups in total. The Balaban J connectivity index is 1.49. The van der Waals surface area contributed by atoms with Gasteiger partial charge in [-0.2, -0.15) is 0 Å². The summed E-state index contributed by atoms with van der Waals surface area (Å²) in [6.45, 7) is 2.29. The zero-order valence-electron chi connectivity index (χ0n) is 12.6. The number of hydrogen-bond acceptors (Lipinski definition) is 4. The summed E-state index contributed by atoms with van der Waals surface area (Å²) in [7, 11) is 0. The van der Waals surface area contributed by atoms with Crippen LogP contribution in [-0.4, -0.2) is 18.5 Å². The summed E-state index contributed by atoms with van der Waals surface area (Å²) in [5, 5.41) is 2.91. The summed E-state index contributed by atoms with van der Waals surface area (Å²) >= 11 is 5.03. The first-order valence-electron chi connectivity index (χ1n) is 7.14. The van der Waals surface area contributed by atoms with Crippen molar-refractivity contribution in [1.82, 2.24) is 0 Å². The van der Waals surface area contributed by atoms with Crippen molar-refractivity contribution in [3.05, 3.63) is 52.0 Å². The molecule has 4 nitrogen and oxygen atoms in total. The molecule has 1 heterocycles. The Morgan fingerprint density at radius 1 is 1.22 bits per heavy atom. The highest BCUT2D eigenvalue weighted by Gasteiger charge is 2.13. The molecule has 0 radical (unpaired) electrons. The van der Waals surface area contributed by atoms with E-state index in [1.807, 2.05) is 43.3 Å². The molecule has 0 aliphatic carbocycles. The van der Waals surface area contributed by atoms with Gasteiger partial charge in [-0.3, -0.25) is 4.79 Å². The molecule has 0 bridgehead atoms. The van der Waals surface area contributed by atoms with E-state index in [2.05, 4.69) is 21.2 Å². The molecule has 0 atom stereocenters. The van der Waals surface area contributed by atoms with Crippen molar-refractivity contribution in [1.29, 1.82) is 0 Å². The maximum absolute atomic E-state index is 12.0. The number of fused-ring (bicyclic) bond motifs is 1. The number of hydrogen-bond donors (Lipinski definition) is 1. The number of carbonyl (C=O) groups is 1. The second-order valence-corrected chi connectivity index (χ2v) is 7.05. The van der Waals surface area contributed by atoms with Gasteiger partial charge in [-0.15, -0.1) is 11.8 Å². The number of amides is 1.